The molecule has 1 saturated heterocycles. The number of halogens is 3. The minimum absolute atomic E-state index is 0.216. The second-order valence-corrected chi connectivity index (χ2v) is 9.70. The number of fused-ring (bicyclic) bond motifs is 2. The molecule has 0 aromatic heterocycles. The van der Waals surface area contributed by atoms with Crippen LogP contribution in [0, 0.1) is 5.92 Å². The first-order chi connectivity index (χ1) is 17.2. The van der Waals surface area contributed by atoms with E-state index in [-0.39, 0.29) is 18.2 Å². The number of nitrogens with zero attached hydrogens (tertiary/aromatic N) is 1. The number of likely N-dealkylation sites (tertiary alicyclic amines) is 1. The fourth-order valence-corrected chi connectivity index (χ4v) is 5.57. The number of rotatable bonds is 8. The number of aliphatic hydroxyl groups excluding tert-OH is 1. The second-order valence-electron chi connectivity index (χ2n) is 8.78. The Morgan fingerprint density at radius 2 is 2.14 bits per heavy atom. The van der Waals surface area contributed by atoms with Crippen molar-refractivity contribution < 1.29 is 19.0 Å². The lowest BCUT2D eigenvalue weighted by Crippen LogP contribution is -2.52. The van der Waals surface area contributed by atoms with E-state index in [1.807, 2.05) is 31.2 Å². The number of anilines is 1. The second kappa shape index (κ2) is 10.7. The number of aliphatic hydroxyl groups is 1. The SMILES string of the molecule is C=C(Cl)/C=C\C=C(/F)[C@H]1[C@H](N)[C@H](CO)N(Cc2cccc(OCC)c2)[C@@]12C(=O)Nc1cc(Cl)ccc12. The van der Waals surface area contributed by atoms with Gasteiger partial charge in [-0.1, -0.05) is 54.1 Å². The van der Waals surface area contributed by atoms with Gasteiger partial charge in [0.25, 0.3) is 0 Å². The van der Waals surface area contributed by atoms with E-state index in [0.29, 0.717) is 28.6 Å². The summed E-state index contributed by atoms with van der Waals surface area (Å²) < 4.78 is 21.6. The molecule has 0 radical (unpaired) electrons. The van der Waals surface area contributed by atoms with E-state index >= 15 is 4.39 Å². The van der Waals surface area contributed by atoms with Gasteiger partial charge in [-0.25, -0.2) is 4.39 Å². The van der Waals surface area contributed by atoms with E-state index in [4.69, 9.17) is 33.7 Å². The summed E-state index contributed by atoms with van der Waals surface area (Å²) in [6, 6.07) is 10.8. The Morgan fingerprint density at radius 1 is 1.36 bits per heavy atom. The summed E-state index contributed by atoms with van der Waals surface area (Å²) in [7, 11) is 0. The number of carbonyl (C=O) groups is 1. The van der Waals surface area contributed by atoms with Crippen molar-refractivity contribution in [1.29, 1.82) is 0 Å². The van der Waals surface area contributed by atoms with E-state index in [1.165, 1.54) is 18.2 Å². The average Bonchev–Trinajstić information content (AvgIpc) is 3.24. The van der Waals surface area contributed by atoms with Crippen LogP contribution in [0.25, 0.3) is 0 Å². The highest BCUT2D eigenvalue weighted by atomic mass is 35.5. The Kier molecular flexibility index (Phi) is 7.87. The van der Waals surface area contributed by atoms with Gasteiger partial charge in [0.1, 0.15) is 17.1 Å². The number of benzene rings is 2. The monoisotopic (exact) mass is 531 g/mol. The zero-order valence-corrected chi connectivity index (χ0v) is 21.3. The topological polar surface area (TPSA) is 87.8 Å². The summed E-state index contributed by atoms with van der Waals surface area (Å²) in [6.07, 6.45) is 4.09. The van der Waals surface area contributed by atoms with Crippen molar-refractivity contribution in [2.24, 2.45) is 11.7 Å². The summed E-state index contributed by atoms with van der Waals surface area (Å²) in [5.74, 6) is -1.48. The summed E-state index contributed by atoms with van der Waals surface area (Å²) in [4.78, 5) is 15.6. The minimum Gasteiger partial charge on any atom is -0.494 e. The number of amides is 1. The van der Waals surface area contributed by atoms with Gasteiger partial charge in [0, 0.05) is 33.9 Å². The lowest BCUT2D eigenvalue weighted by atomic mass is 9.76. The largest absolute Gasteiger partial charge is 0.494 e. The zero-order valence-electron chi connectivity index (χ0n) is 19.8. The maximum absolute atomic E-state index is 16.0. The lowest BCUT2D eigenvalue weighted by molar-refractivity contribution is -0.129. The van der Waals surface area contributed by atoms with Gasteiger partial charge in [0.05, 0.1) is 25.2 Å². The van der Waals surface area contributed by atoms with Gasteiger partial charge in [-0.3, -0.25) is 9.69 Å². The Balaban J connectivity index is 1.90. The number of allylic oxidation sites excluding steroid dienone is 4. The third-order valence-corrected chi connectivity index (χ3v) is 7.06. The molecule has 0 bridgehead atoms. The maximum Gasteiger partial charge on any atom is 0.250 e. The van der Waals surface area contributed by atoms with Crippen molar-refractivity contribution in [3.63, 3.8) is 0 Å². The molecular weight excluding hydrogens is 504 g/mol. The van der Waals surface area contributed by atoms with Crippen molar-refractivity contribution in [2.45, 2.75) is 31.1 Å². The van der Waals surface area contributed by atoms with E-state index < -0.39 is 35.3 Å². The van der Waals surface area contributed by atoms with Gasteiger partial charge in [-0.05, 0) is 48.9 Å². The minimum atomic E-state index is -1.53. The van der Waals surface area contributed by atoms with Crippen LogP contribution < -0.4 is 15.8 Å². The first kappa shape index (κ1) is 26.4. The highest BCUT2D eigenvalue weighted by Crippen LogP contribution is 2.55. The molecule has 36 heavy (non-hydrogen) atoms. The van der Waals surface area contributed by atoms with Crippen molar-refractivity contribution in [3.05, 3.63) is 94.3 Å². The highest BCUT2D eigenvalue weighted by Gasteiger charge is 2.66. The Labute approximate surface area is 219 Å². The van der Waals surface area contributed by atoms with Crippen molar-refractivity contribution in [1.82, 2.24) is 4.90 Å². The molecule has 4 N–H and O–H groups in total. The van der Waals surface area contributed by atoms with Crippen LogP contribution in [-0.2, 0) is 16.9 Å². The molecule has 6 nitrogen and oxygen atoms in total. The van der Waals surface area contributed by atoms with Crippen LogP contribution in [0.4, 0.5) is 10.1 Å². The smallest absolute Gasteiger partial charge is 0.250 e. The molecule has 1 fully saturated rings. The fourth-order valence-electron chi connectivity index (χ4n) is 5.33. The summed E-state index contributed by atoms with van der Waals surface area (Å²) in [5, 5.41) is 13.9. The predicted molar refractivity (Wildman–Crippen MR) is 141 cm³/mol. The quantitative estimate of drug-likeness (QED) is 0.423. The Bertz CT molecular complexity index is 1230. The predicted octanol–water partition coefficient (Wildman–Crippen LogP) is 4.87. The molecule has 4 rings (SSSR count). The van der Waals surface area contributed by atoms with E-state index in [9.17, 15) is 9.90 Å². The van der Waals surface area contributed by atoms with Gasteiger partial charge in [0.15, 0.2) is 0 Å². The Hall–Kier alpha value is -2.68. The van der Waals surface area contributed by atoms with Crippen LogP contribution in [0.2, 0.25) is 5.02 Å². The number of nitrogens with one attached hydrogen (secondary N) is 1. The van der Waals surface area contributed by atoms with Crippen LogP contribution in [0.5, 0.6) is 5.75 Å². The molecule has 2 heterocycles. The van der Waals surface area contributed by atoms with Gasteiger partial charge in [0.2, 0.25) is 5.91 Å². The standard InChI is InChI=1S/C27H28Cl2FN3O3/c1-3-36-19-8-5-7-17(12-19)14-33-23(15-34)25(31)24(21(30)9-4-6-16(2)28)27(33)20-11-10-18(29)13-22(20)32-26(27)35/h4-13,23-25,34H,2-3,14-15,31H2,1H3,(H,32,35)/b6-4-,21-9-/t23-,24-,25+,27+/m0/s1. The molecule has 1 amide bonds. The molecule has 9 heteroatoms. The van der Waals surface area contributed by atoms with Gasteiger partial charge < -0.3 is 20.9 Å². The molecule has 0 unspecified atom stereocenters. The molecule has 2 aliphatic heterocycles. The first-order valence-electron chi connectivity index (χ1n) is 11.6. The molecular formula is C27H28Cl2FN3O3. The third-order valence-electron chi connectivity index (χ3n) is 6.70. The molecule has 2 aromatic carbocycles. The zero-order chi connectivity index (χ0) is 26.0. The van der Waals surface area contributed by atoms with Gasteiger partial charge in [-0.2, -0.15) is 0 Å². The third kappa shape index (κ3) is 4.58. The summed E-state index contributed by atoms with van der Waals surface area (Å²) in [6.45, 7) is 5.80. The molecule has 1 spiro atoms. The van der Waals surface area contributed by atoms with Crippen molar-refractivity contribution in [2.75, 3.05) is 18.5 Å². The van der Waals surface area contributed by atoms with Crippen molar-refractivity contribution in [3.8, 4) is 5.75 Å². The van der Waals surface area contributed by atoms with Crippen LogP contribution in [0.15, 0.2) is 78.1 Å². The maximum atomic E-state index is 16.0. The first-order valence-corrected chi connectivity index (χ1v) is 12.3. The molecule has 0 saturated carbocycles. The molecule has 190 valence electrons. The molecule has 2 aliphatic rings. The van der Waals surface area contributed by atoms with Crippen LogP contribution in [0.3, 0.4) is 0 Å². The van der Waals surface area contributed by atoms with E-state index in [0.717, 1.165) is 5.56 Å². The van der Waals surface area contributed by atoms with Crippen LogP contribution in [-0.4, -0.2) is 41.2 Å². The highest BCUT2D eigenvalue weighted by molar-refractivity contribution is 6.31. The average molecular weight is 532 g/mol. The van der Waals surface area contributed by atoms with E-state index in [1.54, 1.807) is 23.1 Å². The summed E-state index contributed by atoms with van der Waals surface area (Å²) >= 11 is 12.0. The van der Waals surface area contributed by atoms with Gasteiger partial charge in [-0.15, -0.1) is 0 Å². The number of ether oxygens (including phenoxy) is 1. The summed E-state index contributed by atoms with van der Waals surface area (Å²) in [5.41, 5.74) is 6.93. The normalized spacial score (nSPS) is 26.0. The molecule has 0 aliphatic carbocycles. The van der Waals surface area contributed by atoms with E-state index in [2.05, 4.69) is 11.9 Å². The Morgan fingerprint density at radius 3 is 2.83 bits per heavy atom. The number of hydrogen-bond donors (Lipinski definition) is 3. The molecule has 4 atom stereocenters. The fraction of sp³-hybridized carbons (Fsp3) is 0.296. The lowest BCUT2D eigenvalue weighted by Gasteiger charge is -2.38. The molecule has 2 aromatic rings. The number of carbonyl (C=O) groups excluding carboxylic acids is 1. The number of nitrogens with two attached hydrogens (primary N) is 1. The van der Waals surface area contributed by atoms with Crippen molar-refractivity contribution >= 4 is 34.8 Å². The van der Waals surface area contributed by atoms with Crippen LogP contribution >= 0.6 is 23.2 Å². The van der Waals surface area contributed by atoms with Gasteiger partial charge >= 0.3 is 0 Å². The number of hydrogen-bond acceptors (Lipinski definition) is 5. The van der Waals surface area contributed by atoms with Crippen LogP contribution in [0.1, 0.15) is 18.1 Å².